The number of hydrogen-bond acceptors (Lipinski definition) is 5. The minimum atomic E-state index is -0.374. The van der Waals surface area contributed by atoms with Crippen molar-refractivity contribution in [3.8, 4) is 0 Å². The van der Waals surface area contributed by atoms with Gasteiger partial charge >= 0.3 is 0 Å². The van der Waals surface area contributed by atoms with Crippen LogP contribution in [-0.4, -0.2) is 29.8 Å². The zero-order valence-electron chi connectivity index (χ0n) is 11.2. The molecule has 0 atom stereocenters. The Hall–Kier alpha value is -1.44. The van der Waals surface area contributed by atoms with Gasteiger partial charge in [0.15, 0.2) is 0 Å². The number of hydrogen-bond donors (Lipinski definition) is 3. The first-order chi connectivity index (χ1) is 8.93. The summed E-state index contributed by atoms with van der Waals surface area (Å²) in [6.07, 6.45) is 0. The number of carbonyl (C=O) groups is 2. The van der Waals surface area contributed by atoms with Gasteiger partial charge in [-0.15, -0.1) is 11.3 Å². The van der Waals surface area contributed by atoms with E-state index in [4.69, 9.17) is 11.6 Å². The minimum Gasteiger partial charge on any atom is -0.369 e. The Labute approximate surface area is 116 Å². The van der Waals surface area contributed by atoms with E-state index in [1.165, 1.54) is 11.3 Å². The van der Waals surface area contributed by atoms with Crippen molar-refractivity contribution in [1.29, 1.82) is 0 Å². The highest BCUT2D eigenvalue weighted by Gasteiger charge is 2.17. The molecule has 1 aromatic heterocycles. The molecule has 0 saturated heterocycles. The highest BCUT2D eigenvalue weighted by Crippen LogP contribution is 2.19. The lowest BCUT2D eigenvalue weighted by Gasteiger charge is -2.22. The van der Waals surface area contributed by atoms with Crippen molar-refractivity contribution in [2.75, 3.05) is 13.1 Å². The summed E-state index contributed by atoms with van der Waals surface area (Å²) in [7, 11) is 0. The van der Waals surface area contributed by atoms with Gasteiger partial charge in [0, 0.05) is 13.1 Å². The molecule has 0 fully saturated rings. The van der Waals surface area contributed by atoms with Crippen LogP contribution in [0, 0.1) is 5.92 Å². The average molecular weight is 284 g/mol. The molecule has 0 bridgehead atoms. The molecule has 0 saturated carbocycles. The summed E-state index contributed by atoms with van der Waals surface area (Å²) in [6.45, 7) is 5.55. The van der Waals surface area contributed by atoms with Crippen molar-refractivity contribution >= 4 is 23.2 Å². The van der Waals surface area contributed by atoms with Crippen LogP contribution < -0.4 is 17.0 Å². The van der Waals surface area contributed by atoms with E-state index in [9.17, 15) is 9.59 Å². The first kappa shape index (κ1) is 15.6. The van der Waals surface area contributed by atoms with E-state index in [1.54, 1.807) is 0 Å². The molecule has 2 amide bonds. The normalized spacial score (nSPS) is 11.0. The standard InChI is InChI=1S/C12H20N4O2S/c1-8(2)5-16(7-10(13)17)6-9-3-4-19-11(9)12(18)15-14/h3-4,8H,5-7,14H2,1-2H3,(H2,13,17)(H,15,18). The summed E-state index contributed by atoms with van der Waals surface area (Å²) in [5.41, 5.74) is 8.23. The third-order valence-corrected chi connectivity index (χ3v) is 3.44. The van der Waals surface area contributed by atoms with Crippen molar-refractivity contribution in [2.45, 2.75) is 20.4 Å². The van der Waals surface area contributed by atoms with Crippen LogP contribution in [0.5, 0.6) is 0 Å². The van der Waals surface area contributed by atoms with E-state index in [-0.39, 0.29) is 18.4 Å². The van der Waals surface area contributed by atoms with Crippen LogP contribution in [0.4, 0.5) is 0 Å². The van der Waals surface area contributed by atoms with Crippen LogP contribution in [0.1, 0.15) is 29.1 Å². The SMILES string of the molecule is CC(C)CN(CC(N)=O)Cc1ccsc1C(=O)NN. The Morgan fingerprint density at radius 2 is 2.16 bits per heavy atom. The maximum absolute atomic E-state index is 11.6. The van der Waals surface area contributed by atoms with Gasteiger partial charge < -0.3 is 5.73 Å². The van der Waals surface area contributed by atoms with E-state index >= 15 is 0 Å². The zero-order valence-corrected chi connectivity index (χ0v) is 12.0. The Morgan fingerprint density at radius 1 is 1.47 bits per heavy atom. The first-order valence-corrected chi connectivity index (χ1v) is 6.90. The second kappa shape index (κ2) is 7.22. The van der Waals surface area contributed by atoms with Gasteiger partial charge in [-0.2, -0.15) is 0 Å². The van der Waals surface area contributed by atoms with Gasteiger partial charge in [-0.25, -0.2) is 5.84 Å². The van der Waals surface area contributed by atoms with Crippen molar-refractivity contribution < 1.29 is 9.59 Å². The van der Waals surface area contributed by atoms with E-state index in [0.29, 0.717) is 17.3 Å². The fraction of sp³-hybridized carbons (Fsp3) is 0.500. The van der Waals surface area contributed by atoms with E-state index < -0.39 is 0 Å². The summed E-state index contributed by atoms with van der Waals surface area (Å²) in [4.78, 5) is 25.2. The molecule has 0 unspecified atom stereocenters. The molecule has 1 rings (SSSR count). The van der Waals surface area contributed by atoms with Gasteiger partial charge in [0.25, 0.3) is 5.91 Å². The molecule has 0 aliphatic rings. The molecular weight excluding hydrogens is 264 g/mol. The number of rotatable bonds is 7. The fourth-order valence-electron chi connectivity index (χ4n) is 1.89. The second-order valence-electron chi connectivity index (χ2n) is 4.78. The lowest BCUT2D eigenvalue weighted by Crippen LogP contribution is -2.36. The van der Waals surface area contributed by atoms with Crippen molar-refractivity contribution in [1.82, 2.24) is 10.3 Å². The highest BCUT2D eigenvalue weighted by atomic mass is 32.1. The third-order valence-electron chi connectivity index (χ3n) is 2.48. The van der Waals surface area contributed by atoms with Gasteiger partial charge in [-0.1, -0.05) is 13.8 Å². The Kier molecular flexibility index (Phi) is 5.94. The maximum Gasteiger partial charge on any atom is 0.275 e. The van der Waals surface area contributed by atoms with Crippen LogP contribution in [0.15, 0.2) is 11.4 Å². The Bertz CT molecular complexity index is 445. The topological polar surface area (TPSA) is 101 Å². The predicted molar refractivity (Wildman–Crippen MR) is 75.3 cm³/mol. The maximum atomic E-state index is 11.6. The molecule has 0 radical (unpaired) electrons. The van der Waals surface area contributed by atoms with Gasteiger partial charge in [0.2, 0.25) is 5.91 Å². The lowest BCUT2D eigenvalue weighted by atomic mass is 10.1. The van der Waals surface area contributed by atoms with Gasteiger partial charge in [-0.05, 0) is 22.9 Å². The fourth-order valence-corrected chi connectivity index (χ4v) is 2.71. The quantitative estimate of drug-likeness (QED) is 0.380. The molecular formula is C12H20N4O2S. The molecule has 0 aliphatic heterocycles. The first-order valence-electron chi connectivity index (χ1n) is 6.02. The number of thiophene rings is 1. The largest absolute Gasteiger partial charge is 0.369 e. The zero-order chi connectivity index (χ0) is 14.4. The molecule has 0 aliphatic carbocycles. The summed E-state index contributed by atoms with van der Waals surface area (Å²) < 4.78 is 0. The van der Waals surface area contributed by atoms with Crippen LogP contribution in [-0.2, 0) is 11.3 Å². The number of nitrogens with one attached hydrogen (secondary N) is 1. The number of nitrogen functional groups attached to an aromatic ring is 1. The number of carbonyl (C=O) groups excluding carboxylic acids is 2. The van der Waals surface area contributed by atoms with Crippen LogP contribution in [0.2, 0.25) is 0 Å². The van der Waals surface area contributed by atoms with E-state index in [1.807, 2.05) is 16.3 Å². The van der Waals surface area contributed by atoms with Gasteiger partial charge in [0.1, 0.15) is 0 Å². The molecule has 19 heavy (non-hydrogen) atoms. The molecule has 1 heterocycles. The van der Waals surface area contributed by atoms with Gasteiger partial charge in [0.05, 0.1) is 11.4 Å². The molecule has 5 N–H and O–H groups in total. The van der Waals surface area contributed by atoms with Crippen LogP contribution in [0.25, 0.3) is 0 Å². The van der Waals surface area contributed by atoms with Crippen molar-refractivity contribution in [3.05, 3.63) is 21.9 Å². The molecule has 106 valence electrons. The third kappa shape index (κ3) is 4.98. The summed E-state index contributed by atoms with van der Waals surface area (Å²) in [6, 6.07) is 1.86. The van der Waals surface area contributed by atoms with Gasteiger partial charge in [-0.3, -0.25) is 19.9 Å². The van der Waals surface area contributed by atoms with Crippen molar-refractivity contribution in [3.63, 3.8) is 0 Å². The van der Waals surface area contributed by atoms with Crippen molar-refractivity contribution in [2.24, 2.45) is 17.5 Å². The lowest BCUT2D eigenvalue weighted by molar-refractivity contribution is -0.119. The second-order valence-corrected chi connectivity index (χ2v) is 5.69. The molecule has 0 aromatic carbocycles. The summed E-state index contributed by atoms with van der Waals surface area (Å²) in [5.74, 6) is 4.87. The number of nitrogens with zero attached hydrogens (tertiary/aromatic N) is 1. The molecule has 0 spiro atoms. The Morgan fingerprint density at radius 3 is 2.68 bits per heavy atom. The number of nitrogens with two attached hydrogens (primary N) is 2. The van der Waals surface area contributed by atoms with E-state index in [0.717, 1.165) is 12.1 Å². The summed E-state index contributed by atoms with van der Waals surface area (Å²) >= 11 is 1.33. The number of amides is 2. The predicted octanol–water partition coefficient (Wildman–Crippen LogP) is 0.295. The summed E-state index contributed by atoms with van der Waals surface area (Å²) in [5, 5.41) is 1.83. The average Bonchev–Trinajstić information content (AvgIpc) is 2.74. The van der Waals surface area contributed by atoms with E-state index in [2.05, 4.69) is 19.3 Å². The number of primary amides is 1. The molecule has 6 nitrogen and oxygen atoms in total. The van der Waals surface area contributed by atoms with Crippen LogP contribution in [0.3, 0.4) is 0 Å². The molecule has 1 aromatic rings. The van der Waals surface area contributed by atoms with Crippen LogP contribution >= 0.6 is 11.3 Å². The minimum absolute atomic E-state index is 0.178. The number of hydrazine groups is 1. The highest BCUT2D eigenvalue weighted by molar-refractivity contribution is 7.12. The Balaban J connectivity index is 2.81. The molecule has 7 heteroatoms. The smallest absolute Gasteiger partial charge is 0.275 e. The monoisotopic (exact) mass is 284 g/mol.